The molecule has 0 amide bonds. The summed E-state index contributed by atoms with van der Waals surface area (Å²) in [5.74, 6) is 0.592. The summed E-state index contributed by atoms with van der Waals surface area (Å²) in [7, 11) is 0. The molecule has 1 aromatic carbocycles. The molecule has 2 heterocycles. The molecule has 7 heteroatoms. The van der Waals surface area contributed by atoms with Crippen molar-refractivity contribution in [3.63, 3.8) is 0 Å². The molecule has 0 saturated carbocycles. The highest BCUT2D eigenvalue weighted by Crippen LogP contribution is 2.25. The molecule has 0 spiro atoms. The lowest BCUT2D eigenvalue weighted by atomic mass is 10.3. The zero-order chi connectivity index (χ0) is 13.2. The molecule has 19 heavy (non-hydrogen) atoms. The predicted octanol–water partition coefficient (Wildman–Crippen LogP) is 1.97. The lowest BCUT2D eigenvalue weighted by Gasteiger charge is -2.01. The SMILES string of the molecule is O=c1[nH]cc(CSc2ccc3nscc3c2)[nH]c1=O. The highest BCUT2D eigenvalue weighted by Gasteiger charge is 2.02. The Morgan fingerprint density at radius 3 is 3.00 bits per heavy atom. The van der Waals surface area contributed by atoms with Crippen molar-refractivity contribution in [2.24, 2.45) is 0 Å². The van der Waals surface area contributed by atoms with E-state index in [1.807, 2.05) is 17.5 Å². The highest BCUT2D eigenvalue weighted by atomic mass is 32.2. The standard InChI is InChI=1S/C12H9N3O2S2/c16-11-12(17)14-8(4-13-11)6-18-9-1-2-10-7(3-9)5-19-15-10/h1-5H,6H2,(H,13,16)(H,14,17). The summed E-state index contributed by atoms with van der Waals surface area (Å²) in [6.07, 6.45) is 1.53. The minimum Gasteiger partial charge on any atom is -0.323 e. The first-order valence-corrected chi connectivity index (χ1v) is 7.32. The number of fused-ring (bicyclic) bond motifs is 1. The first-order valence-electron chi connectivity index (χ1n) is 5.50. The predicted molar refractivity (Wildman–Crippen MR) is 76.9 cm³/mol. The molecule has 96 valence electrons. The molecule has 3 aromatic rings. The Morgan fingerprint density at radius 1 is 1.26 bits per heavy atom. The number of nitrogens with one attached hydrogen (secondary N) is 2. The molecule has 3 rings (SSSR count). The number of thioether (sulfide) groups is 1. The van der Waals surface area contributed by atoms with Gasteiger partial charge in [0.1, 0.15) is 0 Å². The van der Waals surface area contributed by atoms with E-state index in [1.165, 1.54) is 17.7 Å². The van der Waals surface area contributed by atoms with Gasteiger partial charge in [-0.05, 0) is 29.7 Å². The van der Waals surface area contributed by atoms with Gasteiger partial charge in [-0.25, -0.2) is 0 Å². The summed E-state index contributed by atoms with van der Waals surface area (Å²) in [5, 5.41) is 3.12. The van der Waals surface area contributed by atoms with E-state index in [2.05, 4.69) is 20.4 Å². The van der Waals surface area contributed by atoms with Gasteiger partial charge in [-0.3, -0.25) is 9.59 Å². The summed E-state index contributed by atoms with van der Waals surface area (Å²) < 4.78 is 4.24. The number of H-pyrrole nitrogens is 2. The van der Waals surface area contributed by atoms with Gasteiger partial charge in [0.05, 0.1) is 5.52 Å². The fraction of sp³-hybridized carbons (Fsp3) is 0.0833. The van der Waals surface area contributed by atoms with Crippen LogP contribution in [0.1, 0.15) is 5.69 Å². The molecular weight excluding hydrogens is 282 g/mol. The van der Waals surface area contributed by atoms with Crippen LogP contribution in [0.3, 0.4) is 0 Å². The van der Waals surface area contributed by atoms with Crippen LogP contribution in [-0.4, -0.2) is 14.3 Å². The number of hydrogen-bond acceptors (Lipinski definition) is 5. The zero-order valence-electron chi connectivity index (χ0n) is 9.67. The Balaban J connectivity index is 1.79. The molecule has 5 nitrogen and oxygen atoms in total. The molecule has 0 aliphatic heterocycles. The van der Waals surface area contributed by atoms with Gasteiger partial charge in [0, 0.05) is 33.3 Å². The highest BCUT2D eigenvalue weighted by molar-refractivity contribution is 7.98. The van der Waals surface area contributed by atoms with Crippen LogP contribution in [-0.2, 0) is 5.75 Å². The largest absolute Gasteiger partial charge is 0.323 e. The molecule has 0 radical (unpaired) electrons. The molecule has 0 aliphatic rings. The van der Waals surface area contributed by atoms with Crippen LogP contribution in [0, 0.1) is 0 Å². The van der Waals surface area contributed by atoms with E-state index in [1.54, 1.807) is 11.8 Å². The van der Waals surface area contributed by atoms with Crippen molar-refractivity contribution >= 4 is 34.2 Å². The van der Waals surface area contributed by atoms with Crippen LogP contribution in [0.5, 0.6) is 0 Å². The van der Waals surface area contributed by atoms with E-state index in [0.29, 0.717) is 11.4 Å². The minimum absolute atomic E-state index is 0.592. The zero-order valence-corrected chi connectivity index (χ0v) is 11.3. The Labute approximate surface area is 115 Å². The molecule has 0 saturated heterocycles. The maximum absolute atomic E-state index is 11.2. The molecule has 0 fully saturated rings. The summed E-state index contributed by atoms with van der Waals surface area (Å²) in [6.45, 7) is 0. The maximum Gasteiger partial charge on any atom is 0.313 e. The van der Waals surface area contributed by atoms with Crippen LogP contribution in [0.15, 0.2) is 44.3 Å². The van der Waals surface area contributed by atoms with Crippen molar-refractivity contribution in [2.75, 3.05) is 0 Å². The summed E-state index contributed by atoms with van der Waals surface area (Å²) in [4.78, 5) is 28.2. The quantitative estimate of drug-likeness (QED) is 0.571. The van der Waals surface area contributed by atoms with Gasteiger partial charge < -0.3 is 9.97 Å². The topological polar surface area (TPSA) is 78.6 Å². The van der Waals surface area contributed by atoms with Gasteiger partial charge in [-0.2, -0.15) is 4.37 Å². The van der Waals surface area contributed by atoms with E-state index in [9.17, 15) is 9.59 Å². The first kappa shape index (κ1) is 12.2. The Kier molecular flexibility index (Phi) is 3.22. The number of aromatic nitrogens is 3. The average Bonchev–Trinajstić information content (AvgIpc) is 2.87. The van der Waals surface area contributed by atoms with Crippen molar-refractivity contribution in [1.29, 1.82) is 0 Å². The fourth-order valence-corrected chi connectivity index (χ4v) is 3.12. The first-order chi connectivity index (χ1) is 9.22. The fourth-order valence-electron chi connectivity index (χ4n) is 1.64. The molecule has 2 aromatic heterocycles. The summed E-state index contributed by atoms with van der Waals surface area (Å²) >= 11 is 3.02. The molecule has 0 unspecified atom stereocenters. The second-order valence-corrected chi connectivity index (χ2v) is 5.60. The molecule has 0 bridgehead atoms. The minimum atomic E-state index is -0.625. The van der Waals surface area contributed by atoms with Crippen molar-refractivity contribution in [1.82, 2.24) is 14.3 Å². The normalized spacial score (nSPS) is 10.9. The van der Waals surface area contributed by atoms with Gasteiger partial charge in [-0.1, -0.05) is 0 Å². The summed E-state index contributed by atoms with van der Waals surface area (Å²) in [6, 6.07) is 6.04. The molecule has 2 N–H and O–H groups in total. The number of aromatic amines is 2. The monoisotopic (exact) mass is 291 g/mol. The third-order valence-electron chi connectivity index (χ3n) is 2.58. The second-order valence-electron chi connectivity index (χ2n) is 3.92. The van der Waals surface area contributed by atoms with Crippen molar-refractivity contribution in [2.45, 2.75) is 10.6 Å². The van der Waals surface area contributed by atoms with Crippen molar-refractivity contribution < 1.29 is 0 Å². The lowest BCUT2D eigenvalue weighted by Crippen LogP contribution is -2.29. The number of benzene rings is 1. The van der Waals surface area contributed by atoms with E-state index in [0.717, 1.165) is 15.8 Å². The summed E-state index contributed by atoms with van der Waals surface area (Å²) in [5.41, 5.74) is 0.444. The van der Waals surface area contributed by atoms with E-state index < -0.39 is 11.1 Å². The van der Waals surface area contributed by atoms with Gasteiger partial charge in [0.25, 0.3) is 0 Å². The third-order valence-corrected chi connectivity index (χ3v) is 4.29. The van der Waals surface area contributed by atoms with Gasteiger partial charge in [-0.15, -0.1) is 11.8 Å². The van der Waals surface area contributed by atoms with E-state index >= 15 is 0 Å². The van der Waals surface area contributed by atoms with Crippen LogP contribution in [0.25, 0.3) is 10.9 Å². The average molecular weight is 291 g/mol. The lowest BCUT2D eigenvalue weighted by molar-refractivity contribution is 1.01. The number of nitrogens with zero attached hydrogens (tertiary/aromatic N) is 1. The molecular formula is C12H9N3O2S2. The van der Waals surface area contributed by atoms with Crippen LogP contribution in [0.4, 0.5) is 0 Å². The smallest absolute Gasteiger partial charge is 0.313 e. The molecule has 0 aliphatic carbocycles. The Hall–Kier alpha value is -1.86. The van der Waals surface area contributed by atoms with E-state index in [4.69, 9.17) is 0 Å². The Bertz CT molecular complexity index is 834. The number of hydrogen-bond donors (Lipinski definition) is 2. The van der Waals surface area contributed by atoms with Crippen LogP contribution in [0.2, 0.25) is 0 Å². The van der Waals surface area contributed by atoms with E-state index in [-0.39, 0.29) is 0 Å². The second kappa shape index (κ2) is 5.02. The van der Waals surface area contributed by atoms with Gasteiger partial charge in [0.2, 0.25) is 0 Å². The number of rotatable bonds is 3. The third kappa shape index (κ3) is 2.61. The Morgan fingerprint density at radius 2 is 2.16 bits per heavy atom. The van der Waals surface area contributed by atoms with Crippen LogP contribution < -0.4 is 11.1 Å². The van der Waals surface area contributed by atoms with Crippen molar-refractivity contribution in [3.8, 4) is 0 Å². The van der Waals surface area contributed by atoms with Crippen LogP contribution >= 0.6 is 23.3 Å². The molecule has 0 atom stereocenters. The van der Waals surface area contributed by atoms with Gasteiger partial charge in [0.15, 0.2) is 0 Å². The van der Waals surface area contributed by atoms with Crippen molar-refractivity contribution in [3.05, 3.63) is 56.2 Å². The maximum atomic E-state index is 11.2. The van der Waals surface area contributed by atoms with Gasteiger partial charge >= 0.3 is 11.1 Å².